The number of carbonyl (C=O) groups excluding carboxylic acids is 1. The zero-order valence-electron chi connectivity index (χ0n) is 9.62. The van der Waals surface area contributed by atoms with Crippen molar-refractivity contribution in [1.29, 1.82) is 0 Å². The number of hydrogen-bond acceptors (Lipinski definition) is 2. The molecule has 1 aliphatic heterocycles. The zero-order valence-corrected chi connectivity index (χ0v) is 11.8. The Labute approximate surface area is 115 Å². The van der Waals surface area contributed by atoms with Crippen LogP contribution in [0.4, 0.5) is 0 Å². The molecule has 1 atom stereocenters. The van der Waals surface area contributed by atoms with Gasteiger partial charge in [0.05, 0.1) is 0 Å². The lowest BCUT2D eigenvalue weighted by Crippen LogP contribution is -2.30. The molecule has 1 amide bonds. The molecule has 1 unspecified atom stereocenters. The van der Waals surface area contributed by atoms with Gasteiger partial charge >= 0.3 is 0 Å². The van der Waals surface area contributed by atoms with Gasteiger partial charge in [-0.25, -0.2) is 0 Å². The number of nitrogens with one attached hydrogen (secondary N) is 1. The third kappa shape index (κ3) is 3.12. The molecular weight excluding hydrogens is 329 g/mol. The van der Waals surface area contributed by atoms with Gasteiger partial charge in [-0.3, -0.25) is 4.79 Å². The predicted octanol–water partition coefficient (Wildman–Crippen LogP) is 2.49. The third-order valence-corrected chi connectivity index (χ3v) is 3.64. The Morgan fingerprint density at radius 1 is 1.41 bits per heavy atom. The smallest absolute Gasteiger partial charge is 0.231 e. The molecule has 0 aromatic heterocycles. The Morgan fingerprint density at radius 2 is 2.24 bits per heavy atom. The number of carbonyl (C=O) groups is 1. The van der Waals surface area contributed by atoms with Crippen molar-refractivity contribution in [2.45, 2.75) is 18.8 Å². The van der Waals surface area contributed by atoms with Crippen molar-refractivity contribution in [2.24, 2.45) is 0 Å². The SMILES string of the molecule is O=C(NCCCCI)C1COc2ccccc21. The molecule has 1 aliphatic rings. The number of fused-ring (bicyclic) bond motifs is 1. The van der Waals surface area contributed by atoms with Gasteiger partial charge in [-0.2, -0.15) is 0 Å². The minimum absolute atomic E-state index is 0.0865. The summed E-state index contributed by atoms with van der Waals surface area (Å²) in [6, 6.07) is 7.76. The standard InChI is InChI=1S/C13H16INO2/c14-7-3-4-8-15-13(16)11-9-17-12-6-2-1-5-10(11)12/h1-2,5-6,11H,3-4,7-9H2,(H,15,16). The first-order chi connectivity index (χ1) is 8.33. The maximum absolute atomic E-state index is 12.0. The monoisotopic (exact) mass is 345 g/mol. The summed E-state index contributed by atoms with van der Waals surface area (Å²) in [6.07, 6.45) is 2.20. The number of rotatable bonds is 5. The van der Waals surface area contributed by atoms with Crippen LogP contribution >= 0.6 is 22.6 Å². The largest absolute Gasteiger partial charge is 0.492 e. The maximum atomic E-state index is 12.0. The summed E-state index contributed by atoms with van der Waals surface area (Å²) in [7, 11) is 0. The Hall–Kier alpha value is -0.780. The van der Waals surface area contributed by atoms with E-state index in [1.807, 2.05) is 24.3 Å². The van der Waals surface area contributed by atoms with E-state index in [9.17, 15) is 4.79 Å². The van der Waals surface area contributed by atoms with Gasteiger partial charge in [-0.05, 0) is 23.3 Å². The van der Waals surface area contributed by atoms with Crippen molar-refractivity contribution in [3.63, 3.8) is 0 Å². The first-order valence-electron chi connectivity index (χ1n) is 5.88. The van der Waals surface area contributed by atoms with Crippen LogP contribution in [-0.4, -0.2) is 23.5 Å². The number of unbranched alkanes of at least 4 members (excludes halogenated alkanes) is 1. The first kappa shape index (κ1) is 12.7. The van der Waals surface area contributed by atoms with E-state index in [2.05, 4.69) is 27.9 Å². The maximum Gasteiger partial charge on any atom is 0.231 e. The number of amides is 1. The lowest BCUT2D eigenvalue weighted by atomic mass is 10.0. The van der Waals surface area contributed by atoms with Crippen molar-refractivity contribution >= 4 is 28.5 Å². The number of halogens is 1. The van der Waals surface area contributed by atoms with Gasteiger partial charge in [0.1, 0.15) is 18.3 Å². The highest BCUT2D eigenvalue weighted by Gasteiger charge is 2.29. The molecule has 3 nitrogen and oxygen atoms in total. The fourth-order valence-corrected chi connectivity index (χ4v) is 2.47. The van der Waals surface area contributed by atoms with Gasteiger partial charge in [0.25, 0.3) is 0 Å². The normalized spacial score (nSPS) is 17.4. The molecule has 4 heteroatoms. The van der Waals surface area contributed by atoms with E-state index in [1.54, 1.807) is 0 Å². The molecule has 17 heavy (non-hydrogen) atoms. The van der Waals surface area contributed by atoms with Crippen LogP contribution < -0.4 is 10.1 Å². The molecule has 1 aromatic carbocycles. The van der Waals surface area contributed by atoms with E-state index in [4.69, 9.17) is 4.74 Å². The summed E-state index contributed by atoms with van der Waals surface area (Å²) in [5.74, 6) is 0.800. The molecule has 0 aliphatic carbocycles. The summed E-state index contributed by atoms with van der Waals surface area (Å²) in [6.45, 7) is 1.23. The summed E-state index contributed by atoms with van der Waals surface area (Å²) in [5.41, 5.74) is 1.01. The van der Waals surface area contributed by atoms with Crippen molar-refractivity contribution in [1.82, 2.24) is 5.32 Å². The molecule has 92 valence electrons. The third-order valence-electron chi connectivity index (χ3n) is 2.88. The van der Waals surface area contributed by atoms with Crippen molar-refractivity contribution in [2.75, 3.05) is 17.6 Å². The van der Waals surface area contributed by atoms with E-state index < -0.39 is 0 Å². The van der Waals surface area contributed by atoms with Crippen LogP contribution in [0.5, 0.6) is 5.75 Å². The Kier molecular flexibility index (Phi) is 4.65. The quantitative estimate of drug-likeness (QED) is 0.506. The van der Waals surface area contributed by atoms with Crippen LogP contribution in [0.3, 0.4) is 0 Å². The second kappa shape index (κ2) is 6.23. The number of para-hydroxylation sites is 1. The number of alkyl halides is 1. The Balaban J connectivity index is 1.89. The molecule has 0 fully saturated rings. The number of hydrogen-bond donors (Lipinski definition) is 1. The van der Waals surface area contributed by atoms with Gasteiger partial charge in [0, 0.05) is 12.1 Å². The molecule has 0 saturated carbocycles. The van der Waals surface area contributed by atoms with Crippen LogP contribution in [-0.2, 0) is 4.79 Å². The minimum Gasteiger partial charge on any atom is -0.492 e. The van der Waals surface area contributed by atoms with Gasteiger partial charge in [0.15, 0.2) is 0 Å². The molecule has 0 spiro atoms. The molecule has 0 bridgehead atoms. The highest BCUT2D eigenvalue weighted by Crippen LogP contribution is 2.33. The highest BCUT2D eigenvalue weighted by atomic mass is 127. The minimum atomic E-state index is -0.134. The van der Waals surface area contributed by atoms with Crippen LogP contribution in [0.25, 0.3) is 0 Å². The molecule has 0 radical (unpaired) electrons. The summed E-state index contributed by atoms with van der Waals surface area (Å²) < 4.78 is 6.64. The van der Waals surface area contributed by atoms with E-state index in [0.717, 1.165) is 35.1 Å². The summed E-state index contributed by atoms with van der Waals surface area (Å²) in [4.78, 5) is 12.0. The molecule has 1 heterocycles. The van der Waals surface area contributed by atoms with E-state index in [0.29, 0.717) is 6.61 Å². The first-order valence-corrected chi connectivity index (χ1v) is 7.41. The van der Waals surface area contributed by atoms with Crippen molar-refractivity contribution in [3.05, 3.63) is 29.8 Å². The molecule has 2 rings (SSSR count). The number of benzene rings is 1. The number of ether oxygens (including phenoxy) is 1. The van der Waals surface area contributed by atoms with Gasteiger partial charge in [0.2, 0.25) is 5.91 Å². The zero-order chi connectivity index (χ0) is 12.1. The molecule has 1 N–H and O–H groups in total. The van der Waals surface area contributed by atoms with Crippen molar-refractivity contribution < 1.29 is 9.53 Å². The molecule has 1 aromatic rings. The fourth-order valence-electron chi connectivity index (χ4n) is 1.93. The van der Waals surface area contributed by atoms with E-state index >= 15 is 0 Å². The molecular formula is C13H16INO2. The second-order valence-electron chi connectivity index (χ2n) is 4.09. The topological polar surface area (TPSA) is 38.3 Å². The van der Waals surface area contributed by atoms with Crippen LogP contribution in [0.1, 0.15) is 24.3 Å². The average Bonchev–Trinajstić information content (AvgIpc) is 2.78. The lowest BCUT2D eigenvalue weighted by Gasteiger charge is -2.09. The van der Waals surface area contributed by atoms with E-state index in [-0.39, 0.29) is 11.8 Å². The van der Waals surface area contributed by atoms with Crippen LogP contribution in [0, 0.1) is 0 Å². The van der Waals surface area contributed by atoms with Gasteiger partial charge < -0.3 is 10.1 Å². The summed E-state index contributed by atoms with van der Waals surface area (Å²) in [5, 5.41) is 2.98. The molecule has 0 saturated heterocycles. The van der Waals surface area contributed by atoms with Gasteiger partial charge in [-0.1, -0.05) is 40.8 Å². The Morgan fingerprint density at radius 3 is 3.06 bits per heavy atom. The summed E-state index contributed by atoms with van der Waals surface area (Å²) >= 11 is 2.35. The lowest BCUT2D eigenvalue weighted by molar-refractivity contribution is -0.122. The fraction of sp³-hybridized carbons (Fsp3) is 0.462. The predicted molar refractivity (Wildman–Crippen MR) is 75.8 cm³/mol. The average molecular weight is 345 g/mol. The van der Waals surface area contributed by atoms with E-state index in [1.165, 1.54) is 0 Å². The highest BCUT2D eigenvalue weighted by molar-refractivity contribution is 14.1. The Bertz CT molecular complexity index is 395. The van der Waals surface area contributed by atoms with Gasteiger partial charge in [-0.15, -0.1) is 0 Å². The van der Waals surface area contributed by atoms with Crippen LogP contribution in [0.15, 0.2) is 24.3 Å². The van der Waals surface area contributed by atoms with Crippen molar-refractivity contribution in [3.8, 4) is 5.75 Å². The second-order valence-corrected chi connectivity index (χ2v) is 5.17. The van der Waals surface area contributed by atoms with Crippen LogP contribution in [0.2, 0.25) is 0 Å².